The summed E-state index contributed by atoms with van der Waals surface area (Å²) in [6, 6.07) is 9.94. The van der Waals surface area contributed by atoms with Crippen LogP contribution >= 0.6 is 0 Å². The van der Waals surface area contributed by atoms with Crippen molar-refractivity contribution in [1.29, 1.82) is 0 Å². The van der Waals surface area contributed by atoms with E-state index in [0.29, 0.717) is 26.2 Å². The molecule has 0 aliphatic carbocycles. The van der Waals surface area contributed by atoms with E-state index in [1.807, 2.05) is 30.3 Å². The summed E-state index contributed by atoms with van der Waals surface area (Å²) in [5, 5.41) is 31.9. The molecular formula is C13H20N2O3. The third-order valence-electron chi connectivity index (χ3n) is 3.21. The predicted molar refractivity (Wildman–Crippen MR) is 67.7 cm³/mol. The van der Waals surface area contributed by atoms with Crippen molar-refractivity contribution in [3.63, 3.8) is 0 Å². The fourth-order valence-electron chi connectivity index (χ4n) is 2.11. The molecular weight excluding hydrogens is 232 g/mol. The molecule has 1 aromatic carbocycles. The first-order valence-electron chi connectivity index (χ1n) is 6.19. The van der Waals surface area contributed by atoms with Crippen molar-refractivity contribution in [2.75, 3.05) is 19.6 Å². The Kier molecular flexibility index (Phi) is 4.68. The highest BCUT2D eigenvalue weighted by atomic mass is 16.3. The van der Waals surface area contributed by atoms with Crippen LogP contribution in [-0.4, -0.2) is 58.3 Å². The molecule has 0 amide bonds. The molecule has 0 spiro atoms. The maximum atomic E-state index is 9.90. The molecule has 1 heterocycles. The summed E-state index contributed by atoms with van der Waals surface area (Å²) in [4.78, 5) is 1.67. The maximum absolute atomic E-state index is 9.90. The average molecular weight is 252 g/mol. The number of hydrogen-bond acceptors (Lipinski definition) is 5. The topological polar surface area (TPSA) is 76.0 Å². The van der Waals surface area contributed by atoms with Gasteiger partial charge in [-0.1, -0.05) is 30.3 Å². The Balaban J connectivity index is 1.71. The van der Waals surface area contributed by atoms with E-state index in [1.165, 1.54) is 0 Å². The van der Waals surface area contributed by atoms with Gasteiger partial charge in [-0.05, 0) is 5.56 Å². The molecule has 5 heteroatoms. The third-order valence-corrected chi connectivity index (χ3v) is 3.21. The van der Waals surface area contributed by atoms with Gasteiger partial charge in [0.25, 0.3) is 0 Å². The second-order valence-electron chi connectivity index (χ2n) is 4.69. The zero-order valence-electron chi connectivity index (χ0n) is 10.2. The van der Waals surface area contributed by atoms with Gasteiger partial charge in [-0.25, -0.2) is 0 Å². The van der Waals surface area contributed by atoms with E-state index in [9.17, 15) is 15.3 Å². The number of aliphatic hydroxyl groups excluding tert-OH is 3. The minimum absolute atomic E-state index is 0.315. The number of likely N-dealkylation sites (tertiary alicyclic amines) is 1. The van der Waals surface area contributed by atoms with Crippen LogP contribution in [-0.2, 0) is 6.54 Å². The quantitative estimate of drug-likeness (QED) is 0.548. The van der Waals surface area contributed by atoms with E-state index in [-0.39, 0.29) is 0 Å². The van der Waals surface area contributed by atoms with Crippen LogP contribution in [0.5, 0.6) is 0 Å². The van der Waals surface area contributed by atoms with Crippen molar-refractivity contribution < 1.29 is 15.3 Å². The number of nitrogens with one attached hydrogen (secondary N) is 1. The normalized spacial score (nSPS) is 26.4. The molecule has 1 saturated heterocycles. The van der Waals surface area contributed by atoms with Crippen LogP contribution in [0.1, 0.15) is 5.56 Å². The second-order valence-corrected chi connectivity index (χ2v) is 4.69. The lowest BCUT2D eigenvalue weighted by Crippen LogP contribution is -2.41. The zero-order valence-corrected chi connectivity index (χ0v) is 10.2. The lowest BCUT2D eigenvalue weighted by atomic mass is 10.2. The largest absolute Gasteiger partial charge is 0.389 e. The molecule has 0 bridgehead atoms. The number of β-amino-alcohol motifs (C(OH)–C–C–N with tert-alkyl or cyclic N) is 2. The number of rotatable bonds is 5. The van der Waals surface area contributed by atoms with E-state index in [4.69, 9.17) is 0 Å². The number of hydrogen-bond donors (Lipinski definition) is 4. The summed E-state index contributed by atoms with van der Waals surface area (Å²) in [7, 11) is 0. The summed E-state index contributed by atoms with van der Waals surface area (Å²) in [5.41, 5.74) is 1.16. The van der Waals surface area contributed by atoms with Crippen molar-refractivity contribution in [1.82, 2.24) is 10.2 Å². The Morgan fingerprint density at radius 3 is 2.39 bits per heavy atom. The lowest BCUT2D eigenvalue weighted by molar-refractivity contribution is 0.0114. The molecule has 2 unspecified atom stereocenters. The van der Waals surface area contributed by atoms with Crippen molar-refractivity contribution in [3.05, 3.63) is 35.9 Å². The minimum Gasteiger partial charge on any atom is -0.389 e. The maximum Gasteiger partial charge on any atom is 0.120 e. The molecule has 2 rings (SSSR count). The van der Waals surface area contributed by atoms with E-state index in [1.54, 1.807) is 4.90 Å². The van der Waals surface area contributed by atoms with Crippen LogP contribution in [0.25, 0.3) is 0 Å². The first kappa shape index (κ1) is 13.5. The fraction of sp³-hybridized carbons (Fsp3) is 0.538. The number of benzene rings is 1. The summed E-state index contributed by atoms with van der Waals surface area (Å²) in [6.07, 6.45) is -2.19. The van der Waals surface area contributed by atoms with Crippen molar-refractivity contribution in [2.24, 2.45) is 0 Å². The third kappa shape index (κ3) is 3.51. The minimum atomic E-state index is -0.756. The predicted octanol–water partition coefficient (Wildman–Crippen LogP) is -0.868. The lowest BCUT2D eigenvalue weighted by Gasteiger charge is -2.22. The molecule has 0 radical (unpaired) electrons. The molecule has 0 aromatic heterocycles. The van der Waals surface area contributed by atoms with Gasteiger partial charge in [0.05, 0.1) is 12.2 Å². The smallest absolute Gasteiger partial charge is 0.120 e. The Morgan fingerprint density at radius 1 is 1.17 bits per heavy atom. The molecule has 3 atom stereocenters. The molecule has 5 nitrogen and oxygen atoms in total. The first-order valence-corrected chi connectivity index (χ1v) is 6.19. The highest BCUT2D eigenvalue weighted by Gasteiger charge is 2.32. The van der Waals surface area contributed by atoms with E-state index < -0.39 is 18.4 Å². The van der Waals surface area contributed by atoms with Crippen LogP contribution in [0, 0.1) is 0 Å². The standard InChI is InChI=1S/C13H20N2O3/c16-11-8-15(9-12(11)17)13(18)7-14-6-10-4-2-1-3-5-10/h1-5,11-14,16-18H,6-9H2/t11?,12?,13-/m0/s1. The SMILES string of the molecule is OC1CN([C@@H](O)CNCc2ccccc2)CC1O. The van der Waals surface area contributed by atoms with Crippen LogP contribution in [0.15, 0.2) is 30.3 Å². The van der Waals surface area contributed by atoms with Gasteiger partial charge < -0.3 is 20.6 Å². The molecule has 1 aliphatic heterocycles. The molecule has 1 fully saturated rings. The summed E-state index contributed by atoms with van der Waals surface area (Å²) in [5.74, 6) is 0. The van der Waals surface area contributed by atoms with Crippen LogP contribution in [0.3, 0.4) is 0 Å². The molecule has 18 heavy (non-hydrogen) atoms. The Bertz CT molecular complexity index is 351. The summed E-state index contributed by atoms with van der Waals surface area (Å²) >= 11 is 0. The fourth-order valence-corrected chi connectivity index (χ4v) is 2.11. The van der Waals surface area contributed by atoms with E-state index in [0.717, 1.165) is 5.56 Å². The Labute approximate surface area is 107 Å². The monoisotopic (exact) mass is 252 g/mol. The van der Waals surface area contributed by atoms with Crippen molar-refractivity contribution in [2.45, 2.75) is 25.0 Å². The highest BCUT2D eigenvalue weighted by molar-refractivity contribution is 5.14. The van der Waals surface area contributed by atoms with Gasteiger partial charge >= 0.3 is 0 Å². The van der Waals surface area contributed by atoms with E-state index in [2.05, 4.69) is 5.32 Å². The van der Waals surface area contributed by atoms with Gasteiger partial charge in [-0.15, -0.1) is 0 Å². The zero-order chi connectivity index (χ0) is 13.0. The molecule has 1 aliphatic rings. The van der Waals surface area contributed by atoms with Crippen LogP contribution in [0.2, 0.25) is 0 Å². The average Bonchev–Trinajstić information content (AvgIpc) is 2.71. The highest BCUT2D eigenvalue weighted by Crippen LogP contribution is 2.11. The van der Waals surface area contributed by atoms with E-state index >= 15 is 0 Å². The molecule has 1 aromatic rings. The van der Waals surface area contributed by atoms with Gasteiger partial charge in [0.1, 0.15) is 6.23 Å². The van der Waals surface area contributed by atoms with Crippen LogP contribution < -0.4 is 5.32 Å². The Hall–Kier alpha value is -0.980. The molecule has 0 saturated carbocycles. The van der Waals surface area contributed by atoms with Crippen molar-refractivity contribution in [3.8, 4) is 0 Å². The van der Waals surface area contributed by atoms with Gasteiger partial charge in [0, 0.05) is 26.2 Å². The molecule has 4 N–H and O–H groups in total. The molecule has 100 valence electrons. The number of nitrogens with zero attached hydrogens (tertiary/aromatic N) is 1. The number of aliphatic hydroxyl groups is 3. The van der Waals surface area contributed by atoms with Gasteiger partial charge in [0.2, 0.25) is 0 Å². The van der Waals surface area contributed by atoms with Gasteiger partial charge in [0.15, 0.2) is 0 Å². The van der Waals surface area contributed by atoms with Crippen LogP contribution in [0.4, 0.5) is 0 Å². The van der Waals surface area contributed by atoms with Crippen molar-refractivity contribution >= 4 is 0 Å². The summed E-state index contributed by atoms with van der Waals surface area (Å²) < 4.78 is 0. The summed E-state index contributed by atoms with van der Waals surface area (Å²) in [6.45, 7) is 1.73. The Morgan fingerprint density at radius 2 is 1.78 bits per heavy atom. The van der Waals surface area contributed by atoms with Gasteiger partial charge in [-0.2, -0.15) is 0 Å². The first-order chi connectivity index (χ1) is 8.66. The van der Waals surface area contributed by atoms with Gasteiger partial charge in [-0.3, -0.25) is 4.90 Å². The second kappa shape index (κ2) is 6.26.